The van der Waals surface area contributed by atoms with Crippen molar-refractivity contribution in [2.24, 2.45) is 11.8 Å². The van der Waals surface area contributed by atoms with E-state index in [2.05, 4.69) is 13.8 Å². The maximum Gasteiger partial charge on any atom is 0.225 e. The van der Waals surface area contributed by atoms with Crippen LogP contribution in [0.1, 0.15) is 26.7 Å². The molecule has 0 aromatic heterocycles. The molecule has 0 saturated carbocycles. The molecule has 2 nitrogen and oxygen atoms in total. The fourth-order valence-corrected chi connectivity index (χ4v) is 1.68. The number of piperidine rings is 1. The van der Waals surface area contributed by atoms with Crippen molar-refractivity contribution < 1.29 is 4.79 Å². The standard InChI is InChI=1S/C9H17NO/c1-7(2)8-5-4-6-10(3)9(8)11/h7-8H,4-6H2,1-3H3. The average molecular weight is 155 g/mol. The first-order valence-electron chi connectivity index (χ1n) is 4.38. The van der Waals surface area contributed by atoms with E-state index in [9.17, 15) is 4.79 Å². The summed E-state index contributed by atoms with van der Waals surface area (Å²) in [6.45, 7) is 5.20. The predicted molar refractivity (Wildman–Crippen MR) is 45.2 cm³/mol. The quantitative estimate of drug-likeness (QED) is 0.562. The van der Waals surface area contributed by atoms with Crippen LogP contribution in [-0.2, 0) is 4.79 Å². The van der Waals surface area contributed by atoms with E-state index in [1.54, 1.807) is 0 Å². The molecule has 0 radical (unpaired) electrons. The lowest BCUT2D eigenvalue weighted by atomic mass is 9.87. The van der Waals surface area contributed by atoms with Gasteiger partial charge >= 0.3 is 0 Å². The Morgan fingerprint density at radius 1 is 1.55 bits per heavy atom. The smallest absolute Gasteiger partial charge is 0.225 e. The summed E-state index contributed by atoms with van der Waals surface area (Å²) in [7, 11) is 1.90. The molecule has 0 bridgehead atoms. The Kier molecular flexibility index (Phi) is 2.53. The molecule has 0 aliphatic carbocycles. The van der Waals surface area contributed by atoms with Crippen molar-refractivity contribution in [2.75, 3.05) is 13.6 Å². The molecule has 1 saturated heterocycles. The second-order valence-electron chi connectivity index (χ2n) is 3.75. The van der Waals surface area contributed by atoms with Gasteiger partial charge in [-0.2, -0.15) is 0 Å². The minimum absolute atomic E-state index is 0.286. The van der Waals surface area contributed by atoms with E-state index in [0.717, 1.165) is 13.0 Å². The molecule has 1 aliphatic heterocycles. The zero-order valence-electron chi connectivity index (χ0n) is 7.63. The molecule has 64 valence electrons. The Morgan fingerprint density at radius 2 is 2.18 bits per heavy atom. The maximum atomic E-state index is 11.5. The van der Waals surface area contributed by atoms with Crippen LogP contribution >= 0.6 is 0 Å². The summed E-state index contributed by atoms with van der Waals surface area (Å²) in [5, 5.41) is 0. The van der Waals surface area contributed by atoms with Gasteiger partial charge in [0.1, 0.15) is 0 Å². The molecule has 1 aliphatic rings. The van der Waals surface area contributed by atoms with Gasteiger partial charge in [0.15, 0.2) is 0 Å². The van der Waals surface area contributed by atoms with Crippen LogP contribution in [0.5, 0.6) is 0 Å². The van der Waals surface area contributed by atoms with Crippen LogP contribution in [0.2, 0.25) is 0 Å². The number of amides is 1. The van der Waals surface area contributed by atoms with E-state index in [0.29, 0.717) is 11.8 Å². The minimum atomic E-state index is 0.286. The number of hydrogen-bond donors (Lipinski definition) is 0. The summed E-state index contributed by atoms with van der Waals surface area (Å²) in [6, 6.07) is 0. The van der Waals surface area contributed by atoms with E-state index in [1.807, 2.05) is 11.9 Å². The van der Waals surface area contributed by atoms with Crippen molar-refractivity contribution in [1.82, 2.24) is 4.90 Å². The van der Waals surface area contributed by atoms with Crippen molar-refractivity contribution in [3.8, 4) is 0 Å². The number of hydrogen-bond acceptors (Lipinski definition) is 1. The monoisotopic (exact) mass is 155 g/mol. The molecule has 1 heterocycles. The molecule has 0 aromatic carbocycles. The number of rotatable bonds is 1. The third-order valence-corrected chi connectivity index (χ3v) is 2.51. The van der Waals surface area contributed by atoms with Crippen LogP contribution in [0.3, 0.4) is 0 Å². The first kappa shape index (κ1) is 8.57. The summed E-state index contributed by atoms with van der Waals surface area (Å²) in [4.78, 5) is 13.3. The Bertz CT molecular complexity index is 154. The van der Waals surface area contributed by atoms with Crippen LogP contribution in [0, 0.1) is 11.8 Å². The van der Waals surface area contributed by atoms with Crippen molar-refractivity contribution in [3.63, 3.8) is 0 Å². The lowest BCUT2D eigenvalue weighted by Gasteiger charge is -2.31. The first-order valence-corrected chi connectivity index (χ1v) is 4.38. The fourth-order valence-electron chi connectivity index (χ4n) is 1.68. The van der Waals surface area contributed by atoms with E-state index < -0.39 is 0 Å². The van der Waals surface area contributed by atoms with Gasteiger partial charge in [-0.1, -0.05) is 13.8 Å². The lowest BCUT2D eigenvalue weighted by molar-refractivity contribution is -0.138. The van der Waals surface area contributed by atoms with Crippen LogP contribution in [0.15, 0.2) is 0 Å². The van der Waals surface area contributed by atoms with Crippen molar-refractivity contribution in [3.05, 3.63) is 0 Å². The summed E-state index contributed by atoms with van der Waals surface area (Å²) in [5.41, 5.74) is 0. The topological polar surface area (TPSA) is 20.3 Å². The number of carbonyl (C=O) groups is 1. The van der Waals surface area contributed by atoms with Gasteiger partial charge in [0.25, 0.3) is 0 Å². The summed E-state index contributed by atoms with van der Waals surface area (Å²) >= 11 is 0. The highest BCUT2D eigenvalue weighted by atomic mass is 16.2. The van der Waals surface area contributed by atoms with Gasteiger partial charge in [-0.25, -0.2) is 0 Å². The maximum absolute atomic E-state index is 11.5. The molecule has 1 atom stereocenters. The van der Waals surface area contributed by atoms with Gasteiger partial charge in [0.2, 0.25) is 5.91 Å². The number of carbonyl (C=O) groups excluding carboxylic acids is 1. The van der Waals surface area contributed by atoms with Gasteiger partial charge in [-0.15, -0.1) is 0 Å². The highest BCUT2D eigenvalue weighted by Crippen LogP contribution is 2.23. The molecular weight excluding hydrogens is 138 g/mol. The zero-order valence-corrected chi connectivity index (χ0v) is 7.63. The Hall–Kier alpha value is -0.530. The highest BCUT2D eigenvalue weighted by Gasteiger charge is 2.28. The molecule has 1 unspecified atom stereocenters. The van der Waals surface area contributed by atoms with Crippen molar-refractivity contribution in [2.45, 2.75) is 26.7 Å². The van der Waals surface area contributed by atoms with Crippen LogP contribution < -0.4 is 0 Å². The van der Waals surface area contributed by atoms with Crippen molar-refractivity contribution in [1.29, 1.82) is 0 Å². The summed E-state index contributed by atoms with van der Waals surface area (Å²) in [6.07, 6.45) is 2.26. The second-order valence-corrected chi connectivity index (χ2v) is 3.75. The molecule has 0 spiro atoms. The largest absolute Gasteiger partial charge is 0.346 e. The Morgan fingerprint density at radius 3 is 2.64 bits per heavy atom. The molecule has 1 amide bonds. The zero-order chi connectivity index (χ0) is 8.43. The van der Waals surface area contributed by atoms with E-state index >= 15 is 0 Å². The summed E-state index contributed by atoms with van der Waals surface area (Å²) < 4.78 is 0. The van der Waals surface area contributed by atoms with Gasteiger partial charge < -0.3 is 4.90 Å². The molecule has 11 heavy (non-hydrogen) atoms. The lowest BCUT2D eigenvalue weighted by Crippen LogP contribution is -2.40. The van der Waals surface area contributed by atoms with Gasteiger partial charge in [-0.3, -0.25) is 4.79 Å². The van der Waals surface area contributed by atoms with Gasteiger partial charge in [-0.05, 0) is 18.8 Å². The molecule has 1 rings (SSSR count). The van der Waals surface area contributed by atoms with Crippen LogP contribution in [-0.4, -0.2) is 24.4 Å². The SMILES string of the molecule is CC(C)C1CCCN(C)C1=O. The van der Waals surface area contributed by atoms with E-state index in [1.165, 1.54) is 6.42 Å². The van der Waals surface area contributed by atoms with Crippen molar-refractivity contribution >= 4 is 5.91 Å². The Balaban J connectivity index is 2.58. The van der Waals surface area contributed by atoms with Crippen LogP contribution in [0.25, 0.3) is 0 Å². The number of nitrogens with zero attached hydrogens (tertiary/aromatic N) is 1. The molecule has 1 fully saturated rings. The molecule has 2 heteroatoms. The minimum Gasteiger partial charge on any atom is -0.346 e. The summed E-state index contributed by atoms with van der Waals surface area (Å²) in [5.74, 6) is 1.13. The molecule has 0 aromatic rings. The molecule has 0 N–H and O–H groups in total. The third-order valence-electron chi connectivity index (χ3n) is 2.51. The normalized spacial score (nSPS) is 26.4. The first-order chi connectivity index (χ1) is 5.13. The van der Waals surface area contributed by atoms with Gasteiger partial charge in [0.05, 0.1) is 0 Å². The highest BCUT2D eigenvalue weighted by molar-refractivity contribution is 5.79. The Labute approximate surface area is 68.6 Å². The van der Waals surface area contributed by atoms with Crippen LogP contribution in [0.4, 0.5) is 0 Å². The predicted octanol–water partition coefficient (Wildman–Crippen LogP) is 1.51. The number of likely N-dealkylation sites (tertiary alicyclic amines) is 1. The third kappa shape index (κ3) is 1.73. The fraction of sp³-hybridized carbons (Fsp3) is 0.889. The molecular formula is C9H17NO. The second kappa shape index (κ2) is 3.24. The average Bonchev–Trinajstić information content (AvgIpc) is 1.94. The van der Waals surface area contributed by atoms with E-state index in [4.69, 9.17) is 0 Å². The van der Waals surface area contributed by atoms with E-state index in [-0.39, 0.29) is 5.92 Å². The van der Waals surface area contributed by atoms with Gasteiger partial charge in [0, 0.05) is 19.5 Å².